The lowest BCUT2D eigenvalue weighted by molar-refractivity contribution is -0.142. The van der Waals surface area contributed by atoms with Gasteiger partial charge in [0.25, 0.3) is 0 Å². The van der Waals surface area contributed by atoms with Gasteiger partial charge in [0.15, 0.2) is 0 Å². The average molecular weight is 402 g/mol. The molecule has 3 N–H and O–H groups in total. The van der Waals surface area contributed by atoms with Gasteiger partial charge in [-0.3, -0.25) is 9.59 Å². The molecule has 0 aliphatic carbocycles. The van der Waals surface area contributed by atoms with E-state index >= 15 is 0 Å². The molecule has 4 heteroatoms. The summed E-state index contributed by atoms with van der Waals surface area (Å²) < 4.78 is 0. The highest BCUT2D eigenvalue weighted by Crippen LogP contribution is 2.22. The first-order chi connectivity index (χ1) is 14.5. The number of hydrogen-bond acceptors (Lipinski definition) is 2. The summed E-state index contributed by atoms with van der Waals surface area (Å²) in [5.41, 5.74) is 10.2. The van der Waals surface area contributed by atoms with Crippen molar-refractivity contribution in [3.8, 4) is 11.1 Å². The molecule has 1 amide bonds. The first-order valence-electron chi connectivity index (χ1n) is 10.3. The molecular weight excluding hydrogens is 374 g/mol. The van der Waals surface area contributed by atoms with Crippen LogP contribution in [0.3, 0.4) is 0 Å². The van der Waals surface area contributed by atoms with Crippen LogP contribution in [0, 0.1) is 5.92 Å². The lowest BCUT2D eigenvalue weighted by Crippen LogP contribution is -2.15. The largest absolute Gasteiger partial charge is 0.481 e. The van der Waals surface area contributed by atoms with E-state index in [4.69, 9.17) is 5.73 Å². The summed E-state index contributed by atoms with van der Waals surface area (Å²) in [5.74, 6) is -1.47. The molecule has 0 aromatic heterocycles. The second-order valence-electron chi connectivity index (χ2n) is 7.59. The quantitative estimate of drug-likeness (QED) is 0.495. The maximum Gasteiger partial charge on any atom is 0.306 e. The number of aryl methyl sites for hydroxylation is 2. The van der Waals surface area contributed by atoms with Crippen molar-refractivity contribution in [3.05, 3.63) is 95.6 Å². The van der Waals surface area contributed by atoms with Crippen LogP contribution in [-0.2, 0) is 17.6 Å². The molecule has 0 saturated carbocycles. The van der Waals surface area contributed by atoms with Crippen LogP contribution in [0.5, 0.6) is 0 Å². The first-order valence-corrected chi connectivity index (χ1v) is 10.3. The Balaban J connectivity index is 1.53. The topological polar surface area (TPSA) is 80.4 Å². The molecule has 30 heavy (non-hydrogen) atoms. The van der Waals surface area contributed by atoms with Crippen LogP contribution in [0.2, 0.25) is 0 Å². The van der Waals surface area contributed by atoms with Gasteiger partial charge >= 0.3 is 5.97 Å². The van der Waals surface area contributed by atoms with E-state index in [1.807, 2.05) is 54.6 Å². The number of carbonyl (C=O) groups excluding carboxylic acids is 1. The molecular formula is C26H27NO3. The van der Waals surface area contributed by atoms with Crippen molar-refractivity contribution in [2.45, 2.75) is 32.1 Å². The Bertz CT molecular complexity index is 963. The van der Waals surface area contributed by atoms with Gasteiger partial charge in [0, 0.05) is 5.56 Å². The number of carboxylic acids is 1. The van der Waals surface area contributed by atoms with Gasteiger partial charge in [-0.25, -0.2) is 0 Å². The zero-order valence-corrected chi connectivity index (χ0v) is 17.0. The van der Waals surface area contributed by atoms with Crippen LogP contribution in [0.4, 0.5) is 0 Å². The van der Waals surface area contributed by atoms with Crippen molar-refractivity contribution >= 4 is 11.9 Å². The zero-order chi connectivity index (χ0) is 21.3. The van der Waals surface area contributed by atoms with E-state index in [-0.39, 0.29) is 5.92 Å². The van der Waals surface area contributed by atoms with Gasteiger partial charge in [-0.1, -0.05) is 66.7 Å². The molecule has 1 unspecified atom stereocenters. The summed E-state index contributed by atoms with van der Waals surface area (Å²) in [6.45, 7) is 0. The molecule has 0 spiro atoms. The Hall–Kier alpha value is -3.40. The number of primary amides is 1. The van der Waals surface area contributed by atoms with Gasteiger partial charge in [0.1, 0.15) is 0 Å². The van der Waals surface area contributed by atoms with E-state index in [1.165, 1.54) is 5.56 Å². The van der Waals surface area contributed by atoms with E-state index in [0.29, 0.717) is 18.4 Å². The summed E-state index contributed by atoms with van der Waals surface area (Å²) in [4.78, 5) is 22.8. The first kappa shape index (κ1) is 21.3. The van der Waals surface area contributed by atoms with Crippen LogP contribution in [0.25, 0.3) is 11.1 Å². The van der Waals surface area contributed by atoms with Crippen LogP contribution in [0.15, 0.2) is 78.9 Å². The Kier molecular flexibility index (Phi) is 7.39. The van der Waals surface area contributed by atoms with Crippen LogP contribution < -0.4 is 5.73 Å². The Labute approximate surface area is 177 Å². The smallest absolute Gasteiger partial charge is 0.306 e. The summed E-state index contributed by atoms with van der Waals surface area (Å²) in [7, 11) is 0. The molecule has 0 fully saturated rings. The normalized spacial score (nSPS) is 11.7. The summed E-state index contributed by atoms with van der Waals surface area (Å²) in [6, 6.07) is 25.5. The van der Waals surface area contributed by atoms with Crippen molar-refractivity contribution < 1.29 is 14.7 Å². The van der Waals surface area contributed by atoms with Gasteiger partial charge in [-0.05, 0) is 66.5 Å². The molecule has 3 aromatic carbocycles. The van der Waals surface area contributed by atoms with E-state index in [2.05, 4.69) is 12.1 Å². The SMILES string of the molecule is NC(=O)c1ccc(-c2ccc(CCC(CCCc3ccccc3)C(=O)O)cc2)cc1. The third kappa shape index (κ3) is 6.05. The number of benzene rings is 3. The maximum atomic E-state index is 11.6. The predicted octanol–water partition coefficient (Wildman–Crippen LogP) is 5.11. The van der Waals surface area contributed by atoms with Gasteiger partial charge in [0.2, 0.25) is 5.91 Å². The zero-order valence-electron chi connectivity index (χ0n) is 17.0. The summed E-state index contributed by atoms with van der Waals surface area (Å²) >= 11 is 0. The number of aliphatic carboxylic acids is 1. The van der Waals surface area contributed by atoms with Crippen molar-refractivity contribution in [2.24, 2.45) is 11.7 Å². The van der Waals surface area contributed by atoms with Gasteiger partial charge in [-0.15, -0.1) is 0 Å². The van der Waals surface area contributed by atoms with Gasteiger partial charge in [-0.2, -0.15) is 0 Å². The molecule has 3 rings (SSSR count). The Morgan fingerprint density at radius 2 is 1.30 bits per heavy atom. The van der Waals surface area contributed by atoms with Crippen molar-refractivity contribution in [1.29, 1.82) is 0 Å². The number of rotatable bonds is 10. The number of carboxylic acid groups (broad SMARTS) is 1. The minimum Gasteiger partial charge on any atom is -0.481 e. The molecule has 0 bridgehead atoms. The second-order valence-corrected chi connectivity index (χ2v) is 7.59. The monoisotopic (exact) mass is 401 g/mol. The van der Waals surface area contributed by atoms with Crippen molar-refractivity contribution in [3.63, 3.8) is 0 Å². The highest BCUT2D eigenvalue weighted by Gasteiger charge is 2.17. The number of nitrogens with two attached hydrogens (primary N) is 1. The van der Waals surface area contributed by atoms with Crippen molar-refractivity contribution in [1.82, 2.24) is 0 Å². The molecule has 0 heterocycles. The van der Waals surface area contributed by atoms with E-state index in [0.717, 1.165) is 36.0 Å². The van der Waals surface area contributed by atoms with Crippen LogP contribution >= 0.6 is 0 Å². The summed E-state index contributed by atoms with van der Waals surface area (Å²) in [6.07, 6.45) is 3.85. The fourth-order valence-electron chi connectivity index (χ4n) is 3.62. The molecule has 1 atom stereocenters. The molecule has 0 aliphatic heterocycles. The fourth-order valence-corrected chi connectivity index (χ4v) is 3.62. The highest BCUT2D eigenvalue weighted by atomic mass is 16.4. The van der Waals surface area contributed by atoms with E-state index in [1.54, 1.807) is 12.1 Å². The van der Waals surface area contributed by atoms with Crippen molar-refractivity contribution in [2.75, 3.05) is 0 Å². The fraction of sp³-hybridized carbons (Fsp3) is 0.231. The number of amides is 1. The minimum absolute atomic E-state index is 0.324. The minimum atomic E-state index is -0.714. The Morgan fingerprint density at radius 3 is 1.87 bits per heavy atom. The molecule has 0 aliphatic rings. The van der Waals surface area contributed by atoms with Crippen LogP contribution in [-0.4, -0.2) is 17.0 Å². The second kappa shape index (κ2) is 10.4. The lowest BCUT2D eigenvalue weighted by Gasteiger charge is -2.13. The molecule has 0 saturated heterocycles. The molecule has 4 nitrogen and oxygen atoms in total. The lowest BCUT2D eigenvalue weighted by atomic mass is 9.93. The molecule has 3 aromatic rings. The van der Waals surface area contributed by atoms with Crippen LogP contribution in [0.1, 0.15) is 40.7 Å². The standard InChI is InChI=1S/C26H27NO3/c27-25(28)23-17-15-22(16-18-23)21-12-9-20(10-13-21)11-14-24(26(29)30)8-4-7-19-5-2-1-3-6-19/h1-3,5-6,9-10,12-13,15-18,24H,4,7-8,11,14H2,(H2,27,28)(H,29,30). The number of carbonyl (C=O) groups is 2. The third-order valence-corrected chi connectivity index (χ3v) is 5.45. The average Bonchev–Trinajstić information content (AvgIpc) is 2.77. The highest BCUT2D eigenvalue weighted by molar-refractivity contribution is 5.93. The summed E-state index contributed by atoms with van der Waals surface area (Å²) in [5, 5.41) is 9.57. The van der Waals surface area contributed by atoms with E-state index in [9.17, 15) is 14.7 Å². The predicted molar refractivity (Wildman–Crippen MR) is 119 cm³/mol. The maximum absolute atomic E-state index is 11.6. The third-order valence-electron chi connectivity index (χ3n) is 5.45. The molecule has 154 valence electrons. The van der Waals surface area contributed by atoms with Gasteiger partial charge < -0.3 is 10.8 Å². The molecule has 0 radical (unpaired) electrons. The Morgan fingerprint density at radius 1 is 0.733 bits per heavy atom. The number of hydrogen-bond donors (Lipinski definition) is 2. The van der Waals surface area contributed by atoms with E-state index < -0.39 is 11.9 Å². The van der Waals surface area contributed by atoms with Gasteiger partial charge in [0.05, 0.1) is 5.92 Å².